The minimum atomic E-state index is -0.511. The molecule has 10 heteroatoms. The van der Waals surface area contributed by atoms with E-state index in [1.54, 1.807) is 0 Å². The van der Waals surface area contributed by atoms with Gasteiger partial charge < -0.3 is 9.31 Å². The Labute approximate surface area is 703 Å². The van der Waals surface area contributed by atoms with Crippen LogP contribution in [0.25, 0.3) is 135 Å². The van der Waals surface area contributed by atoms with Gasteiger partial charge in [-0.3, -0.25) is 0 Å². The highest BCUT2D eigenvalue weighted by Gasteiger charge is 2.56. The smallest absolute Gasteiger partial charge is 0.399 e. The van der Waals surface area contributed by atoms with Gasteiger partial charge in [0.1, 0.15) is 0 Å². The highest BCUT2D eigenvalue weighted by molar-refractivity contribution is 9.10. The summed E-state index contributed by atoms with van der Waals surface area (Å²) >= 11 is 3.52. The lowest BCUT2D eigenvalue weighted by Gasteiger charge is -2.32. The first-order chi connectivity index (χ1) is 57.8. The molecule has 3 heterocycles. The predicted molar refractivity (Wildman–Crippen MR) is 486 cm³/mol. The second-order valence-corrected chi connectivity index (χ2v) is 32.5. The van der Waals surface area contributed by atoms with E-state index < -0.39 is 29.2 Å². The predicted octanol–water partition coefficient (Wildman–Crippen LogP) is 26.1. The van der Waals surface area contributed by atoms with E-state index in [1.165, 1.54) is 94.6 Å². The zero-order valence-corrected chi connectivity index (χ0v) is 66.8. The Morgan fingerprint density at radius 1 is 0.261 bits per heavy atom. The van der Waals surface area contributed by atoms with Crippen molar-refractivity contribution in [2.24, 2.45) is 0 Å². The summed E-state index contributed by atoms with van der Waals surface area (Å²) in [5.41, 5.74) is 34.5. The molecule has 0 amide bonds. The van der Waals surface area contributed by atoms with Crippen molar-refractivity contribution in [1.29, 1.82) is 10.5 Å². The molecule has 119 heavy (non-hydrogen) atoms. The molecule has 1 fully saturated rings. The van der Waals surface area contributed by atoms with Crippen molar-refractivity contribution >= 4 is 28.5 Å². The maximum absolute atomic E-state index is 9.99. The molecule has 22 rings (SSSR count). The van der Waals surface area contributed by atoms with Crippen molar-refractivity contribution in [2.45, 2.75) is 57.2 Å². The van der Waals surface area contributed by atoms with E-state index >= 15 is 0 Å². The van der Waals surface area contributed by atoms with E-state index in [4.69, 9.17) is 29.2 Å². The number of hydrogen-bond acceptors (Lipinski definition) is 8. The summed E-state index contributed by atoms with van der Waals surface area (Å²) in [6.07, 6.45) is 0. The van der Waals surface area contributed by atoms with Crippen LogP contribution < -0.4 is 5.46 Å². The molecular formula is C109H78BBrN6O2. The van der Waals surface area contributed by atoms with Gasteiger partial charge in [0.15, 0.2) is 11.6 Å². The van der Waals surface area contributed by atoms with Gasteiger partial charge in [0.05, 0.1) is 68.1 Å². The fraction of sp³-hybridized carbons (Fsp3) is 0.0826. The van der Waals surface area contributed by atoms with E-state index in [-0.39, 0.29) is 7.43 Å². The fourth-order valence-electron chi connectivity index (χ4n) is 18.2. The first-order valence-electron chi connectivity index (χ1n) is 39.9. The Bertz CT molecular complexity index is 6750. The minimum absolute atomic E-state index is 0. The van der Waals surface area contributed by atoms with E-state index in [0.29, 0.717) is 17.0 Å². The second-order valence-electron chi connectivity index (χ2n) is 31.6. The van der Waals surface area contributed by atoms with Crippen LogP contribution in [0, 0.1) is 22.7 Å². The van der Waals surface area contributed by atoms with Gasteiger partial charge in [0, 0.05) is 37.9 Å². The molecule has 5 aliphatic rings. The number of fused-ring (bicyclic) bond motifs is 20. The third-order valence-corrected chi connectivity index (χ3v) is 25.0. The van der Waals surface area contributed by atoms with Crippen LogP contribution in [0.4, 0.5) is 0 Å². The van der Waals surface area contributed by atoms with Gasteiger partial charge in [-0.25, -0.2) is 19.9 Å². The number of aromatic nitrogens is 4. The third kappa shape index (κ3) is 12.8. The summed E-state index contributed by atoms with van der Waals surface area (Å²) in [6.45, 7) is 8.35. The van der Waals surface area contributed by atoms with Crippen LogP contribution in [-0.2, 0) is 20.1 Å². The van der Waals surface area contributed by atoms with Crippen LogP contribution in [-0.4, -0.2) is 38.3 Å². The molecule has 0 saturated carbocycles. The Balaban J connectivity index is 0.000000122. The Morgan fingerprint density at radius 3 is 0.992 bits per heavy atom. The molecular weight excluding hydrogens is 1520 g/mol. The molecule has 0 bridgehead atoms. The summed E-state index contributed by atoms with van der Waals surface area (Å²) in [7, 11) is -0.442. The maximum Gasteiger partial charge on any atom is 0.494 e. The van der Waals surface area contributed by atoms with Crippen molar-refractivity contribution in [3.05, 3.63) is 436 Å². The highest BCUT2D eigenvalue weighted by atomic mass is 79.9. The number of nitriles is 2. The van der Waals surface area contributed by atoms with E-state index in [2.05, 4.69) is 347 Å². The van der Waals surface area contributed by atoms with Crippen LogP contribution in [0.2, 0.25) is 0 Å². The summed E-state index contributed by atoms with van der Waals surface area (Å²) in [4.78, 5) is 19.9. The average molecular weight is 1590 g/mol. The Morgan fingerprint density at radius 2 is 0.555 bits per heavy atom. The van der Waals surface area contributed by atoms with Crippen LogP contribution in [0.5, 0.6) is 0 Å². The molecule has 4 aliphatic carbocycles. The molecule has 8 nitrogen and oxygen atoms in total. The molecule has 2 spiro atoms. The molecule has 15 aromatic carbocycles. The van der Waals surface area contributed by atoms with Crippen LogP contribution in [0.3, 0.4) is 0 Å². The molecule has 0 unspecified atom stereocenters. The summed E-state index contributed by atoms with van der Waals surface area (Å²) < 4.78 is 13.9. The van der Waals surface area contributed by atoms with Gasteiger partial charge in [0.25, 0.3) is 0 Å². The quantitative estimate of drug-likeness (QED) is 0.131. The summed E-state index contributed by atoms with van der Waals surface area (Å²) in [5.74, 6) is 1.42. The van der Waals surface area contributed by atoms with Gasteiger partial charge in [0.2, 0.25) is 0 Å². The van der Waals surface area contributed by atoms with Gasteiger partial charge in [-0.15, -0.1) is 0 Å². The van der Waals surface area contributed by atoms with Gasteiger partial charge in [-0.2, -0.15) is 10.5 Å². The van der Waals surface area contributed by atoms with Crippen LogP contribution in [0.1, 0.15) is 90.8 Å². The summed E-state index contributed by atoms with van der Waals surface area (Å²) in [5, 5.41) is 19.8. The monoisotopic (exact) mass is 1590 g/mol. The molecule has 0 radical (unpaired) electrons. The SMILES string of the molecule is Brc1ccc(-c2cc(-c3ccccc3)nc(-c3cccc(-c4ccccc4)c3)n2)cc1.C.CC1(C)OB(c2ccc3c(c2)C2(c4ccccc4-c4ccccc42)c2cc(C#N)ccc2-3)OC1(C)C.N#Cc1ccc2c(c1)C1(c3ccccc3-c3ccccc31)c1cc(-c3ccc(-c4cc(-c5ccccc5)nc(-c5ccccc5)n4)cc3)ccc1-2. The van der Waals surface area contributed by atoms with E-state index in [0.717, 1.165) is 88.6 Å². The van der Waals surface area contributed by atoms with Gasteiger partial charge in [-0.1, -0.05) is 339 Å². The average Bonchev–Trinajstić information content (AvgIpc) is 1.51. The van der Waals surface area contributed by atoms with Crippen molar-refractivity contribution < 1.29 is 9.31 Å². The van der Waals surface area contributed by atoms with Crippen molar-refractivity contribution in [3.8, 4) is 147 Å². The molecule has 0 N–H and O–H groups in total. The number of benzene rings is 15. The first kappa shape index (κ1) is 75.0. The second kappa shape index (κ2) is 30.2. The standard InChI is InChI=1S/C48H29N3.C32H26BNO2.C28H19BrN2.CH4/c49-30-31-19-25-39-40-26-24-36(28-44(40)48(43(39)27-31)41-17-9-7-15-37(41)38-16-8-10-18-42(38)48)32-20-22-34(23-21-32)46-29-45(33-11-3-1-4-12-33)50-47(51-46)35-13-5-2-6-14-35;1-30(2)31(3,4)36-33(35-30)21-14-16-25-24-15-13-20(19-34)17-28(24)32(29(25)18-21)26-11-7-5-9-22(26)23-10-6-8-12-27(23)32;29-25-16-14-22(15-17-25)27-19-26(21-10-5-2-6-11-21)30-28(31-27)24-13-7-12-23(18-24)20-8-3-1-4-9-20;/h1-29H;5-18H,1-4H3;1-19H;1H4. The maximum atomic E-state index is 9.99. The van der Waals surface area contributed by atoms with E-state index in [1.807, 2.05) is 84.9 Å². The zero-order valence-electron chi connectivity index (χ0n) is 65.3. The zero-order chi connectivity index (χ0) is 79.9. The number of halogens is 1. The molecule has 2 aromatic heterocycles. The fourth-order valence-corrected chi connectivity index (χ4v) is 18.5. The normalized spacial score (nSPS) is 14.0. The number of nitrogens with zero attached hydrogens (tertiary/aromatic N) is 6. The van der Waals surface area contributed by atoms with Crippen molar-refractivity contribution in [1.82, 2.24) is 19.9 Å². The first-order valence-corrected chi connectivity index (χ1v) is 40.7. The molecule has 566 valence electrons. The summed E-state index contributed by atoms with van der Waals surface area (Å²) in [6, 6.07) is 136. The lowest BCUT2D eigenvalue weighted by atomic mass is 9.68. The molecule has 17 aromatic rings. The topological polar surface area (TPSA) is 118 Å². The minimum Gasteiger partial charge on any atom is -0.399 e. The van der Waals surface area contributed by atoms with Crippen LogP contribution >= 0.6 is 15.9 Å². The lowest BCUT2D eigenvalue weighted by molar-refractivity contribution is 0.00578. The van der Waals surface area contributed by atoms with Gasteiger partial charge in [-0.05, 0) is 205 Å². The van der Waals surface area contributed by atoms with Crippen molar-refractivity contribution in [2.75, 3.05) is 0 Å². The van der Waals surface area contributed by atoms with Crippen LogP contribution in [0.15, 0.2) is 381 Å². The largest absolute Gasteiger partial charge is 0.494 e. The number of hydrogen-bond donors (Lipinski definition) is 0. The van der Waals surface area contributed by atoms with Gasteiger partial charge >= 0.3 is 7.12 Å². The molecule has 0 atom stereocenters. The number of rotatable bonds is 9. The lowest BCUT2D eigenvalue weighted by Crippen LogP contribution is -2.41. The Hall–Kier alpha value is -14.1. The molecule has 1 saturated heterocycles. The van der Waals surface area contributed by atoms with E-state index in [9.17, 15) is 10.5 Å². The highest BCUT2D eigenvalue weighted by Crippen LogP contribution is 2.65. The van der Waals surface area contributed by atoms with Crippen molar-refractivity contribution in [3.63, 3.8) is 0 Å². The molecule has 1 aliphatic heterocycles. The third-order valence-electron chi connectivity index (χ3n) is 24.5. The Kier molecular flexibility index (Phi) is 19.0.